The average molecular weight is 188 g/mol. The number of rotatable bonds is 6. The molecular formula is C7H12N2O4. The summed E-state index contributed by atoms with van der Waals surface area (Å²) in [5, 5.41) is 23.7. The Labute approximate surface area is 74.9 Å². The largest absolute Gasteiger partial charge is 0.481 e. The van der Waals surface area contributed by atoms with Crippen LogP contribution in [-0.2, 0) is 9.59 Å². The Hall–Kier alpha value is -1.59. The van der Waals surface area contributed by atoms with Crippen LogP contribution in [0.25, 0.3) is 0 Å². The van der Waals surface area contributed by atoms with E-state index in [0.717, 1.165) is 0 Å². The lowest BCUT2D eigenvalue weighted by Crippen LogP contribution is -2.23. The molecule has 0 spiro atoms. The zero-order valence-electron chi connectivity index (χ0n) is 6.99. The van der Waals surface area contributed by atoms with Crippen molar-refractivity contribution in [2.24, 2.45) is 11.7 Å². The lowest BCUT2D eigenvalue weighted by atomic mass is 10.0. The molecule has 0 rings (SSSR count). The molecule has 0 fully saturated rings. The molecule has 6 heteroatoms. The fraction of sp³-hybridized carbons (Fsp3) is 0.571. The van der Waals surface area contributed by atoms with Gasteiger partial charge in [0.15, 0.2) is 5.92 Å². The second kappa shape index (κ2) is 5.13. The zero-order chi connectivity index (χ0) is 10.4. The molecule has 0 saturated heterocycles. The minimum atomic E-state index is -1.39. The molecule has 0 aliphatic heterocycles. The number of nitrogens with one attached hydrogen (secondary N) is 1. The number of carboxylic acid groups (broad SMARTS) is 2. The third-order valence-corrected chi connectivity index (χ3v) is 1.54. The van der Waals surface area contributed by atoms with Crippen LogP contribution in [0.15, 0.2) is 0 Å². The maximum absolute atomic E-state index is 10.4. The predicted octanol–water partition coefficient (Wildman–Crippen LogP) is -0.122. The first-order valence-electron chi connectivity index (χ1n) is 3.73. The van der Waals surface area contributed by atoms with Crippen LogP contribution < -0.4 is 5.73 Å². The number of amidine groups is 1. The topological polar surface area (TPSA) is 124 Å². The third-order valence-electron chi connectivity index (χ3n) is 1.54. The molecule has 0 aliphatic rings. The van der Waals surface area contributed by atoms with Crippen molar-refractivity contribution in [2.45, 2.75) is 19.3 Å². The molecule has 0 radical (unpaired) electrons. The van der Waals surface area contributed by atoms with Gasteiger partial charge in [-0.15, -0.1) is 0 Å². The Balaban J connectivity index is 3.91. The van der Waals surface area contributed by atoms with E-state index in [2.05, 4.69) is 0 Å². The van der Waals surface area contributed by atoms with Crippen LogP contribution in [-0.4, -0.2) is 28.0 Å². The van der Waals surface area contributed by atoms with Crippen molar-refractivity contribution < 1.29 is 19.8 Å². The van der Waals surface area contributed by atoms with Crippen molar-refractivity contribution in [2.75, 3.05) is 0 Å². The van der Waals surface area contributed by atoms with Gasteiger partial charge in [-0.1, -0.05) is 0 Å². The maximum Gasteiger partial charge on any atom is 0.317 e. The smallest absolute Gasteiger partial charge is 0.317 e. The van der Waals surface area contributed by atoms with E-state index < -0.39 is 17.9 Å². The van der Waals surface area contributed by atoms with Crippen molar-refractivity contribution in [3.05, 3.63) is 0 Å². The number of aliphatic carboxylic acids is 2. The fourth-order valence-electron chi connectivity index (χ4n) is 0.849. The van der Waals surface area contributed by atoms with E-state index in [0.29, 0.717) is 6.42 Å². The number of hydrogen-bond acceptors (Lipinski definition) is 3. The number of hydrogen-bond donors (Lipinski definition) is 4. The molecule has 74 valence electrons. The van der Waals surface area contributed by atoms with E-state index in [1.165, 1.54) is 0 Å². The molecule has 0 heterocycles. The van der Waals surface area contributed by atoms with Gasteiger partial charge < -0.3 is 15.9 Å². The number of carboxylic acids is 2. The van der Waals surface area contributed by atoms with Crippen molar-refractivity contribution in [1.29, 1.82) is 5.41 Å². The SMILES string of the molecule is N=C(N)CCCC(C(=O)O)C(=O)O. The van der Waals surface area contributed by atoms with E-state index in [1.54, 1.807) is 0 Å². The normalized spacial score (nSPS) is 9.92. The Morgan fingerprint density at radius 2 is 1.77 bits per heavy atom. The van der Waals surface area contributed by atoms with E-state index in [4.69, 9.17) is 21.4 Å². The van der Waals surface area contributed by atoms with Gasteiger partial charge in [-0.3, -0.25) is 15.0 Å². The van der Waals surface area contributed by atoms with Crippen LogP contribution in [0.4, 0.5) is 0 Å². The van der Waals surface area contributed by atoms with E-state index in [-0.39, 0.29) is 18.7 Å². The standard InChI is InChI=1S/C7H12N2O4/c8-5(9)3-1-2-4(6(10)11)7(12)13/h4H,1-3H2,(H3,8,9)(H,10,11)(H,12,13). The van der Waals surface area contributed by atoms with E-state index in [1.807, 2.05) is 0 Å². The number of carbonyl (C=O) groups is 2. The average Bonchev–Trinajstić information content (AvgIpc) is 1.95. The molecule has 0 amide bonds. The summed E-state index contributed by atoms with van der Waals surface area (Å²) in [6.45, 7) is 0. The van der Waals surface area contributed by atoms with Crippen LogP contribution in [0.1, 0.15) is 19.3 Å². The number of nitrogens with two attached hydrogens (primary N) is 1. The molecule has 0 saturated carbocycles. The van der Waals surface area contributed by atoms with E-state index in [9.17, 15) is 9.59 Å². The second-order valence-electron chi connectivity index (χ2n) is 2.65. The maximum atomic E-state index is 10.4. The highest BCUT2D eigenvalue weighted by molar-refractivity contribution is 5.92. The molecule has 0 aliphatic carbocycles. The van der Waals surface area contributed by atoms with Crippen molar-refractivity contribution in [1.82, 2.24) is 0 Å². The summed E-state index contributed by atoms with van der Waals surface area (Å²) >= 11 is 0. The summed E-state index contributed by atoms with van der Waals surface area (Å²) in [4.78, 5) is 20.7. The van der Waals surface area contributed by atoms with Gasteiger partial charge in [0.1, 0.15) is 0 Å². The molecule has 0 aromatic carbocycles. The summed E-state index contributed by atoms with van der Waals surface area (Å²) in [5.41, 5.74) is 5.02. The van der Waals surface area contributed by atoms with Crippen LogP contribution in [0.5, 0.6) is 0 Å². The molecule has 0 atom stereocenters. The van der Waals surface area contributed by atoms with Gasteiger partial charge >= 0.3 is 11.9 Å². The zero-order valence-corrected chi connectivity index (χ0v) is 6.99. The highest BCUT2D eigenvalue weighted by atomic mass is 16.4. The second-order valence-corrected chi connectivity index (χ2v) is 2.65. The highest BCUT2D eigenvalue weighted by Gasteiger charge is 2.24. The Kier molecular flexibility index (Phi) is 4.50. The molecule has 6 nitrogen and oxygen atoms in total. The molecule has 13 heavy (non-hydrogen) atoms. The van der Waals surface area contributed by atoms with Crippen LogP contribution in [0.2, 0.25) is 0 Å². The summed E-state index contributed by atoms with van der Waals surface area (Å²) < 4.78 is 0. The van der Waals surface area contributed by atoms with Crippen molar-refractivity contribution >= 4 is 17.8 Å². The van der Waals surface area contributed by atoms with Gasteiger partial charge in [-0.05, 0) is 12.8 Å². The van der Waals surface area contributed by atoms with Crippen molar-refractivity contribution in [3.8, 4) is 0 Å². The minimum Gasteiger partial charge on any atom is -0.481 e. The molecule has 0 bridgehead atoms. The van der Waals surface area contributed by atoms with Gasteiger partial charge in [-0.25, -0.2) is 0 Å². The quantitative estimate of drug-likeness (QED) is 0.262. The summed E-state index contributed by atoms with van der Waals surface area (Å²) in [6, 6.07) is 0. The first kappa shape index (κ1) is 11.4. The first-order chi connectivity index (χ1) is 5.95. The lowest BCUT2D eigenvalue weighted by molar-refractivity contribution is -0.154. The summed E-state index contributed by atoms with van der Waals surface area (Å²) in [7, 11) is 0. The molecule has 0 unspecified atom stereocenters. The fourth-order valence-corrected chi connectivity index (χ4v) is 0.849. The minimum absolute atomic E-state index is 0.00421. The molecule has 0 aromatic rings. The van der Waals surface area contributed by atoms with Gasteiger partial charge in [0, 0.05) is 6.42 Å². The molecular weight excluding hydrogens is 176 g/mol. The summed E-state index contributed by atoms with van der Waals surface area (Å²) in [5.74, 6) is -4.15. The van der Waals surface area contributed by atoms with Crippen molar-refractivity contribution in [3.63, 3.8) is 0 Å². The third kappa shape index (κ3) is 4.78. The summed E-state index contributed by atoms with van der Waals surface area (Å²) in [6.07, 6.45) is 0.542. The first-order valence-corrected chi connectivity index (χ1v) is 3.73. The van der Waals surface area contributed by atoms with Gasteiger partial charge in [0.2, 0.25) is 0 Å². The molecule has 0 aromatic heterocycles. The van der Waals surface area contributed by atoms with Crippen LogP contribution in [0.3, 0.4) is 0 Å². The highest BCUT2D eigenvalue weighted by Crippen LogP contribution is 2.08. The van der Waals surface area contributed by atoms with Gasteiger partial charge in [0.25, 0.3) is 0 Å². The van der Waals surface area contributed by atoms with Crippen LogP contribution >= 0.6 is 0 Å². The van der Waals surface area contributed by atoms with E-state index >= 15 is 0 Å². The predicted molar refractivity (Wildman–Crippen MR) is 44.5 cm³/mol. The van der Waals surface area contributed by atoms with Gasteiger partial charge in [-0.2, -0.15) is 0 Å². The van der Waals surface area contributed by atoms with Gasteiger partial charge in [0.05, 0.1) is 5.84 Å². The Morgan fingerprint density at radius 3 is 2.08 bits per heavy atom. The Bertz CT molecular complexity index is 213. The monoisotopic (exact) mass is 188 g/mol. The van der Waals surface area contributed by atoms with Crippen LogP contribution in [0, 0.1) is 11.3 Å². The Morgan fingerprint density at radius 1 is 1.31 bits per heavy atom. The lowest BCUT2D eigenvalue weighted by Gasteiger charge is -2.05. The molecule has 5 N–H and O–H groups in total.